The van der Waals surface area contributed by atoms with Crippen molar-refractivity contribution < 1.29 is 13.2 Å². The third-order valence-corrected chi connectivity index (χ3v) is 2.30. The van der Waals surface area contributed by atoms with Crippen LogP contribution in [0.1, 0.15) is 5.56 Å². The van der Waals surface area contributed by atoms with Gasteiger partial charge in [0.15, 0.2) is 0 Å². The molecule has 0 spiro atoms. The highest BCUT2D eigenvalue weighted by molar-refractivity contribution is 5.44. The predicted octanol–water partition coefficient (Wildman–Crippen LogP) is 3.42. The first-order valence-corrected chi connectivity index (χ1v) is 5.09. The Balaban J connectivity index is 2.03. The molecule has 17 heavy (non-hydrogen) atoms. The minimum Gasteiger partial charge on any atom is -0.299 e. The zero-order chi connectivity index (χ0) is 12.3. The highest BCUT2D eigenvalue weighted by Gasteiger charge is 2.29. The van der Waals surface area contributed by atoms with Crippen LogP contribution < -0.4 is 5.43 Å². The van der Waals surface area contributed by atoms with Gasteiger partial charge in [-0.05, 0) is 30.3 Å². The highest BCUT2D eigenvalue weighted by atomic mass is 19.4. The first-order chi connectivity index (χ1) is 8.05. The fraction of sp³-hybridized carbons (Fsp3) is 0.167. The highest BCUT2D eigenvalue weighted by Crippen LogP contribution is 2.29. The maximum absolute atomic E-state index is 12.3. The Morgan fingerprint density at radius 1 is 1.06 bits per heavy atom. The molecule has 0 aromatic heterocycles. The van der Waals surface area contributed by atoms with Crippen LogP contribution in [0.25, 0.3) is 0 Å². The predicted molar refractivity (Wildman–Crippen MR) is 60.1 cm³/mol. The van der Waals surface area contributed by atoms with Gasteiger partial charge in [0, 0.05) is 6.20 Å². The van der Waals surface area contributed by atoms with Crippen molar-refractivity contribution in [2.75, 3.05) is 12.0 Å². The molecule has 0 amide bonds. The lowest BCUT2D eigenvalue weighted by atomic mass is 10.2. The Kier molecular flexibility index (Phi) is 3.08. The van der Waals surface area contributed by atoms with E-state index >= 15 is 0 Å². The van der Waals surface area contributed by atoms with Crippen LogP contribution in [0, 0.1) is 0 Å². The number of hydrazine groups is 1. The Labute approximate surface area is 97.0 Å². The molecule has 0 atom stereocenters. The third-order valence-electron chi connectivity index (χ3n) is 2.30. The van der Waals surface area contributed by atoms with E-state index in [1.165, 1.54) is 12.1 Å². The molecule has 1 N–H and O–H groups in total. The lowest BCUT2D eigenvalue weighted by Crippen LogP contribution is -2.25. The normalized spacial score (nSPS) is 15.1. The van der Waals surface area contributed by atoms with Crippen LogP contribution in [0.5, 0.6) is 0 Å². The van der Waals surface area contributed by atoms with Crippen molar-refractivity contribution in [2.45, 2.75) is 6.18 Å². The second-order valence-electron chi connectivity index (χ2n) is 3.61. The largest absolute Gasteiger partial charge is 0.416 e. The average molecular weight is 240 g/mol. The lowest BCUT2D eigenvalue weighted by molar-refractivity contribution is -0.137. The van der Waals surface area contributed by atoms with Gasteiger partial charge in [-0.1, -0.05) is 12.2 Å². The number of hydrogen-bond acceptors (Lipinski definition) is 2. The summed E-state index contributed by atoms with van der Waals surface area (Å²) in [7, 11) is 0. The number of anilines is 1. The van der Waals surface area contributed by atoms with Gasteiger partial charge in [0.25, 0.3) is 0 Å². The SMILES string of the molecule is FC(F)(F)c1ccc(NN2C=CC=CC2)cc1. The van der Waals surface area contributed by atoms with Crippen molar-refractivity contribution in [3.8, 4) is 0 Å². The van der Waals surface area contributed by atoms with Crippen molar-refractivity contribution in [1.82, 2.24) is 5.01 Å². The van der Waals surface area contributed by atoms with Crippen LogP contribution in [-0.2, 0) is 6.18 Å². The molecule has 1 aliphatic heterocycles. The van der Waals surface area contributed by atoms with Crippen molar-refractivity contribution >= 4 is 5.69 Å². The minimum atomic E-state index is -4.29. The third kappa shape index (κ3) is 3.03. The fourth-order valence-corrected chi connectivity index (χ4v) is 1.45. The molecule has 0 unspecified atom stereocenters. The molecule has 1 aliphatic rings. The van der Waals surface area contributed by atoms with Gasteiger partial charge in [-0.25, -0.2) is 0 Å². The summed E-state index contributed by atoms with van der Waals surface area (Å²) in [4.78, 5) is 0. The Hall–Kier alpha value is -1.91. The van der Waals surface area contributed by atoms with Crippen LogP contribution in [0.15, 0.2) is 48.7 Å². The van der Waals surface area contributed by atoms with E-state index in [0.717, 1.165) is 12.1 Å². The first-order valence-electron chi connectivity index (χ1n) is 5.09. The smallest absolute Gasteiger partial charge is 0.299 e. The molecule has 90 valence electrons. The molecule has 0 aliphatic carbocycles. The number of hydrogen-bond donors (Lipinski definition) is 1. The zero-order valence-corrected chi connectivity index (χ0v) is 8.91. The van der Waals surface area contributed by atoms with E-state index in [9.17, 15) is 13.2 Å². The molecule has 2 nitrogen and oxygen atoms in total. The van der Waals surface area contributed by atoms with Crippen molar-refractivity contribution in [2.24, 2.45) is 0 Å². The van der Waals surface area contributed by atoms with Gasteiger partial charge in [-0.2, -0.15) is 13.2 Å². The molecule has 0 saturated heterocycles. The number of nitrogens with zero attached hydrogens (tertiary/aromatic N) is 1. The monoisotopic (exact) mass is 240 g/mol. The number of alkyl halides is 3. The summed E-state index contributed by atoms with van der Waals surface area (Å²) in [6.07, 6.45) is 3.23. The van der Waals surface area contributed by atoms with Crippen LogP contribution in [-0.4, -0.2) is 11.6 Å². The van der Waals surface area contributed by atoms with Crippen LogP contribution in [0.3, 0.4) is 0 Å². The minimum absolute atomic E-state index is 0.623. The molecular formula is C12H11F3N2. The van der Waals surface area contributed by atoms with Gasteiger partial charge in [-0.15, -0.1) is 0 Å². The lowest BCUT2D eigenvalue weighted by Gasteiger charge is -2.22. The standard InChI is InChI=1S/C12H11F3N2/c13-12(14,15)10-4-6-11(7-5-10)16-17-8-2-1-3-9-17/h1-8,16H,9H2. The van der Waals surface area contributed by atoms with Crippen molar-refractivity contribution in [3.63, 3.8) is 0 Å². The van der Waals surface area contributed by atoms with Crippen LogP contribution in [0.2, 0.25) is 0 Å². The summed E-state index contributed by atoms with van der Waals surface area (Å²) in [6, 6.07) is 4.95. The maximum Gasteiger partial charge on any atom is 0.416 e. The summed E-state index contributed by atoms with van der Waals surface area (Å²) < 4.78 is 37.0. The summed E-state index contributed by atoms with van der Waals surface area (Å²) in [5, 5.41) is 1.78. The molecule has 5 heteroatoms. The fourth-order valence-electron chi connectivity index (χ4n) is 1.45. The molecule has 2 rings (SSSR count). The Bertz CT molecular complexity index is 432. The van der Waals surface area contributed by atoms with E-state index in [4.69, 9.17) is 0 Å². The summed E-state index contributed by atoms with van der Waals surface area (Å²) in [6.45, 7) is 0.678. The molecule has 1 aromatic carbocycles. The quantitative estimate of drug-likeness (QED) is 0.852. The summed E-state index contributed by atoms with van der Waals surface area (Å²) in [5.74, 6) is 0. The summed E-state index contributed by atoms with van der Waals surface area (Å²) in [5.41, 5.74) is 2.97. The van der Waals surface area contributed by atoms with Gasteiger partial charge >= 0.3 is 6.18 Å². The van der Waals surface area contributed by atoms with Gasteiger partial charge in [0.05, 0.1) is 17.8 Å². The second kappa shape index (κ2) is 4.53. The van der Waals surface area contributed by atoms with E-state index < -0.39 is 11.7 Å². The molecule has 0 bridgehead atoms. The van der Waals surface area contributed by atoms with E-state index in [1.807, 2.05) is 24.4 Å². The summed E-state index contributed by atoms with van der Waals surface area (Å²) >= 11 is 0. The number of rotatable bonds is 2. The van der Waals surface area contributed by atoms with Gasteiger partial charge in [-0.3, -0.25) is 10.4 Å². The van der Waals surface area contributed by atoms with E-state index in [2.05, 4.69) is 5.43 Å². The van der Waals surface area contributed by atoms with Crippen LogP contribution in [0.4, 0.5) is 18.9 Å². The van der Waals surface area contributed by atoms with Crippen molar-refractivity contribution in [1.29, 1.82) is 0 Å². The topological polar surface area (TPSA) is 15.3 Å². The average Bonchev–Trinajstić information content (AvgIpc) is 2.30. The molecule has 0 saturated carbocycles. The molecule has 1 heterocycles. The molecule has 0 fully saturated rings. The number of nitrogens with one attached hydrogen (secondary N) is 1. The van der Waals surface area contributed by atoms with E-state index in [1.54, 1.807) is 5.01 Å². The second-order valence-corrected chi connectivity index (χ2v) is 3.61. The zero-order valence-electron chi connectivity index (χ0n) is 8.91. The number of allylic oxidation sites excluding steroid dienone is 2. The number of benzene rings is 1. The maximum atomic E-state index is 12.3. The Morgan fingerprint density at radius 3 is 2.29 bits per heavy atom. The van der Waals surface area contributed by atoms with Crippen molar-refractivity contribution in [3.05, 3.63) is 54.3 Å². The molecule has 1 aromatic rings. The van der Waals surface area contributed by atoms with Gasteiger partial charge in [0.2, 0.25) is 0 Å². The van der Waals surface area contributed by atoms with Gasteiger partial charge in [0.1, 0.15) is 0 Å². The van der Waals surface area contributed by atoms with E-state index in [-0.39, 0.29) is 0 Å². The molecular weight excluding hydrogens is 229 g/mol. The first kappa shape index (κ1) is 11.6. The van der Waals surface area contributed by atoms with Gasteiger partial charge < -0.3 is 0 Å². The molecule has 0 radical (unpaired) electrons. The van der Waals surface area contributed by atoms with E-state index in [0.29, 0.717) is 12.2 Å². The Morgan fingerprint density at radius 2 is 1.76 bits per heavy atom. The number of halogens is 3. The van der Waals surface area contributed by atoms with Crippen LogP contribution >= 0.6 is 0 Å².